The van der Waals surface area contributed by atoms with Crippen LogP contribution in [0.3, 0.4) is 0 Å². The van der Waals surface area contributed by atoms with Crippen molar-refractivity contribution in [2.75, 3.05) is 44.9 Å². The van der Waals surface area contributed by atoms with Crippen LogP contribution in [0.4, 0.5) is 10.5 Å². The third-order valence-corrected chi connectivity index (χ3v) is 6.78. The average Bonchev–Trinajstić information content (AvgIpc) is 3.04. The third kappa shape index (κ3) is 3.43. The summed E-state index contributed by atoms with van der Waals surface area (Å²) in [6, 6.07) is 15.9. The number of hydrogen-bond acceptors (Lipinski definition) is 5. The van der Waals surface area contributed by atoms with Crippen LogP contribution in [-0.4, -0.2) is 61.7 Å². The van der Waals surface area contributed by atoms with Crippen molar-refractivity contribution in [3.05, 3.63) is 59.7 Å². The normalized spacial score (nSPS) is 23.8. The number of anilines is 1. The quantitative estimate of drug-likeness (QED) is 0.771. The number of aryl methyl sites for hydroxylation is 1. The first kappa shape index (κ1) is 19.9. The molecule has 1 N–H and O–H groups in total. The van der Waals surface area contributed by atoms with E-state index >= 15 is 0 Å². The fourth-order valence-electron chi connectivity index (χ4n) is 5.09. The maximum Gasteiger partial charge on any atom is 0.326 e. The van der Waals surface area contributed by atoms with E-state index in [-0.39, 0.29) is 11.9 Å². The van der Waals surface area contributed by atoms with E-state index in [0.717, 1.165) is 55.9 Å². The molecule has 31 heavy (non-hydrogen) atoms. The molecule has 7 nitrogen and oxygen atoms in total. The van der Waals surface area contributed by atoms with E-state index in [1.165, 1.54) is 10.6 Å². The van der Waals surface area contributed by atoms with Crippen molar-refractivity contribution in [1.29, 1.82) is 0 Å². The maximum absolute atomic E-state index is 13.5. The number of carbonyl (C=O) groups is 2. The number of nitrogens with zero attached hydrogens (tertiary/aromatic N) is 3. The second-order valence-electron chi connectivity index (χ2n) is 8.53. The molecule has 7 heteroatoms. The number of fused-ring (bicyclic) bond motifs is 2. The van der Waals surface area contributed by atoms with Gasteiger partial charge in [-0.25, -0.2) is 9.69 Å². The molecule has 1 atom stereocenters. The van der Waals surface area contributed by atoms with Crippen LogP contribution in [0.1, 0.15) is 24.0 Å². The summed E-state index contributed by atoms with van der Waals surface area (Å²) in [5.74, 6) is 0.648. The number of para-hydroxylation sites is 1. The number of carbonyl (C=O) groups excluding carboxylic acids is 2. The van der Waals surface area contributed by atoms with Crippen molar-refractivity contribution >= 4 is 17.6 Å². The Morgan fingerprint density at radius 1 is 1.03 bits per heavy atom. The van der Waals surface area contributed by atoms with Crippen LogP contribution in [0, 0.1) is 0 Å². The number of rotatable bonds is 4. The number of piperazine rings is 1. The van der Waals surface area contributed by atoms with Gasteiger partial charge in [-0.1, -0.05) is 24.3 Å². The van der Waals surface area contributed by atoms with Crippen LogP contribution in [-0.2, 0) is 16.8 Å². The van der Waals surface area contributed by atoms with Gasteiger partial charge in [0.05, 0.1) is 13.8 Å². The van der Waals surface area contributed by atoms with Crippen LogP contribution in [0.2, 0.25) is 0 Å². The Kier molecular flexibility index (Phi) is 5.06. The largest absolute Gasteiger partial charge is 0.497 e. The predicted octanol–water partition coefficient (Wildman–Crippen LogP) is 2.56. The zero-order valence-electron chi connectivity index (χ0n) is 17.8. The van der Waals surface area contributed by atoms with Gasteiger partial charge >= 0.3 is 6.03 Å². The zero-order valence-corrected chi connectivity index (χ0v) is 17.8. The maximum atomic E-state index is 13.5. The first-order chi connectivity index (χ1) is 15.1. The van der Waals surface area contributed by atoms with Crippen molar-refractivity contribution in [2.24, 2.45) is 0 Å². The van der Waals surface area contributed by atoms with E-state index in [1.54, 1.807) is 7.11 Å². The molecule has 2 aliphatic heterocycles. The van der Waals surface area contributed by atoms with Crippen molar-refractivity contribution < 1.29 is 14.3 Å². The SMILES string of the molecule is COc1ccc2c(c1)CCCC21NC(=O)N(CN2CCN(c3ccccc3)CC2)C1=O. The number of hydrogen-bond donors (Lipinski definition) is 1. The first-order valence-electron chi connectivity index (χ1n) is 10.9. The molecule has 1 unspecified atom stereocenters. The van der Waals surface area contributed by atoms with Gasteiger partial charge in [0.15, 0.2) is 0 Å². The van der Waals surface area contributed by atoms with Crippen LogP contribution in [0.5, 0.6) is 5.75 Å². The molecule has 2 fully saturated rings. The van der Waals surface area contributed by atoms with Crippen molar-refractivity contribution in [3.63, 3.8) is 0 Å². The Labute approximate surface area is 182 Å². The fourth-order valence-corrected chi connectivity index (χ4v) is 5.09. The second-order valence-corrected chi connectivity index (χ2v) is 8.53. The van der Waals surface area contributed by atoms with E-state index in [0.29, 0.717) is 13.1 Å². The molecule has 1 spiro atoms. The number of imide groups is 1. The molecule has 2 saturated heterocycles. The molecule has 2 aromatic carbocycles. The number of ether oxygens (including phenoxy) is 1. The smallest absolute Gasteiger partial charge is 0.326 e. The van der Waals surface area contributed by atoms with Crippen LogP contribution < -0.4 is 15.0 Å². The summed E-state index contributed by atoms with van der Waals surface area (Å²) in [7, 11) is 1.64. The monoisotopic (exact) mass is 420 g/mol. The lowest BCUT2D eigenvalue weighted by Gasteiger charge is -2.37. The zero-order chi connectivity index (χ0) is 21.4. The van der Waals surface area contributed by atoms with Gasteiger partial charge in [-0.2, -0.15) is 0 Å². The number of methoxy groups -OCH3 is 1. The van der Waals surface area contributed by atoms with E-state index < -0.39 is 5.54 Å². The highest BCUT2D eigenvalue weighted by atomic mass is 16.5. The highest BCUT2D eigenvalue weighted by Crippen LogP contribution is 2.41. The number of benzene rings is 2. The number of nitrogens with one attached hydrogen (secondary N) is 1. The van der Waals surface area contributed by atoms with Gasteiger partial charge in [0.1, 0.15) is 11.3 Å². The molecular weight excluding hydrogens is 392 g/mol. The summed E-state index contributed by atoms with van der Waals surface area (Å²) in [5, 5.41) is 3.05. The minimum absolute atomic E-state index is 0.130. The molecular formula is C24H28N4O3. The van der Waals surface area contributed by atoms with E-state index in [9.17, 15) is 9.59 Å². The topological polar surface area (TPSA) is 65.1 Å². The summed E-state index contributed by atoms with van der Waals surface area (Å²) in [6.07, 6.45) is 2.38. The van der Waals surface area contributed by atoms with Crippen molar-refractivity contribution in [3.8, 4) is 5.75 Å². The molecule has 0 aromatic heterocycles. The van der Waals surface area contributed by atoms with Crippen LogP contribution in [0.25, 0.3) is 0 Å². The minimum Gasteiger partial charge on any atom is -0.497 e. The van der Waals surface area contributed by atoms with Crippen molar-refractivity contribution in [2.45, 2.75) is 24.8 Å². The average molecular weight is 421 g/mol. The third-order valence-electron chi connectivity index (χ3n) is 6.78. The first-order valence-corrected chi connectivity index (χ1v) is 10.9. The van der Waals surface area contributed by atoms with Crippen LogP contribution >= 0.6 is 0 Å². The summed E-state index contributed by atoms with van der Waals surface area (Å²) < 4.78 is 5.35. The molecule has 162 valence electrons. The highest BCUT2D eigenvalue weighted by Gasteiger charge is 2.54. The van der Waals surface area contributed by atoms with Gasteiger partial charge in [-0.15, -0.1) is 0 Å². The van der Waals surface area contributed by atoms with Crippen LogP contribution in [0.15, 0.2) is 48.5 Å². The summed E-state index contributed by atoms with van der Waals surface area (Å²) in [6.45, 7) is 3.71. The lowest BCUT2D eigenvalue weighted by molar-refractivity contribution is -0.133. The van der Waals surface area contributed by atoms with Gasteiger partial charge in [0, 0.05) is 31.9 Å². The molecule has 3 amide bonds. The molecule has 1 aliphatic carbocycles. The summed E-state index contributed by atoms with van der Waals surface area (Å²) in [4.78, 5) is 32.4. The van der Waals surface area contributed by atoms with Crippen molar-refractivity contribution in [1.82, 2.24) is 15.1 Å². The number of urea groups is 1. The fraction of sp³-hybridized carbons (Fsp3) is 0.417. The molecule has 0 radical (unpaired) electrons. The summed E-state index contributed by atoms with van der Waals surface area (Å²) in [5.41, 5.74) is 2.26. The Morgan fingerprint density at radius 2 is 1.81 bits per heavy atom. The molecule has 2 aromatic rings. The summed E-state index contributed by atoms with van der Waals surface area (Å²) >= 11 is 0. The van der Waals surface area contributed by atoms with E-state index in [1.807, 2.05) is 36.4 Å². The second kappa shape index (κ2) is 7.89. The Morgan fingerprint density at radius 3 is 2.55 bits per heavy atom. The minimum atomic E-state index is -0.942. The predicted molar refractivity (Wildman–Crippen MR) is 118 cm³/mol. The van der Waals surface area contributed by atoms with Gasteiger partial charge in [0.25, 0.3) is 5.91 Å². The van der Waals surface area contributed by atoms with Gasteiger partial charge < -0.3 is 15.0 Å². The Bertz CT molecular complexity index is 988. The molecule has 0 bridgehead atoms. The highest BCUT2D eigenvalue weighted by molar-refractivity contribution is 6.07. The van der Waals surface area contributed by atoms with Gasteiger partial charge in [-0.05, 0) is 54.7 Å². The number of amides is 3. The molecule has 2 heterocycles. The molecule has 5 rings (SSSR count). The molecule has 0 saturated carbocycles. The Hall–Kier alpha value is -3.06. The Balaban J connectivity index is 1.30. The van der Waals surface area contributed by atoms with E-state index in [4.69, 9.17) is 4.74 Å². The lowest BCUT2D eigenvalue weighted by Crippen LogP contribution is -2.52. The van der Waals surface area contributed by atoms with Gasteiger partial charge in [0.2, 0.25) is 0 Å². The molecule has 3 aliphatic rings. The van der Waals surface area contributed by atoms with Gasteiger partial charge in [-0.3, -0.25) is 9.69 Å². The standard InChI is InChI=1S/C24H28N4O3/c1-31-20-9-10-21-18(16-20)6-5-11-24(21)22(29)28(23(30)25-24)17-26-12-14-27(15-13-26)19-7-3-2-4-8-19/h2-4,7-10,16H,5-6,11-15,17H2,1H3,(H,25,30). The van der Waals surface area contributed by atoms with E-state index in [2.05, 4.69) is 27.2 Å². The lowest BCUT2D eigenvalue weighted by atomic mass is 9.76.